The van der Waals surface area contributed by atoms with Crippen molar-refractivity contribution < 1.29 is 8.78 Å². The number of nitrogens with zero attached hydrogens (tertiary/aromatic N) is 2. The van der Waals surface area contributed by atoms with E-state index in [9.17, 15) is 8.78 Å². The van der Waals surface area contributed by atoms with Gasteiger partial charge in [-0.25, -0.2) is 8.78 Å². The topological polar surface area (TPSA) is 39.7 Å². The number of hydrogen-bond donors (Lipinski definition) is 2. The van der Waals surface area contributed by atoms with Gasteiger partial charge in [-0.1, -0.05) is 13.3 Å². The maximum atomic E-state index is 13.6. The molecule has 1 atom stereocenters. The van der Waals surface area contributed by atoms with Crippen molar-refractivity contribution in [1.82, 2.24) is 15.5 Å². The van der Waals surface area contributed by atoms with E-state index < -0.39 is 11.6 Å². The highest BCUT2D eigenvalue weighted by Gasteiger charge is 2.19. The van der Waals surface area contributed by atoms with E-state index in [-0.39, 0.29) is 6.54 Å². The molecule has 0 saturated carbocycles. The zero-order valence-electron chi connectivity index (χ0n) is 14.6. The maximum absolute atomic E-state index is 13.6. The molecule has 0 spiro atoms. The minimum absolute atomic E-state index is 0.199. The first-order chi connectivity index (χ1) is 11.6. The highest BCUT2D eigenvalue weighted by Crippen LogP contribution is 2.18. The number of piperidine rings is 1. The van der Waals surface area contributed by atoms with Gasteiger partial charge < -0.3 is 10.6 Å². The van der Waals surface area contributed by atoms with Crippen molar-refractivity contribution in [1.29, 1.82) is 0 Å². The van der Waals surface area contributed by atoms with Gasteiger partial charge in [-0.15, -0.1) is 0 Å². The average molecular weight is 338 g/mol. The van der Waals surface area contributed by atoms with E-state index >= 15 is 0 Å². The van der Waals surface area contributed by atoms with Gasteiger partial charge >= 0.3 is 0 Å². The Bertz CT molecular complexity index is 548. The molecule has 0 bridgehead atoms. The summed E-state index contributed by atoms with van der Waals surface area (Å²) in [5, 5.41) is 6.28. The Morgan fingerprint density at radius 3 is 2.88 bits per heavy atom. The van der Waals surface area contributed by atoms with Crippen molar-refractivity contribution in [3.05, 3.63) is 35.4 Å². The molecule has 0 aromatic heterocycles. The number of aliphatic imine (C=N–C) groups is 1. The average Bonchev–Trinajstić information content (AvgIpc) is 2.61. The second-order valence-corrected chi connectivity index (χ2v) is 6.18. The number of hydrogen-bond acceptors (Lipinski definition) is 2. The molecule has 0 radical (unpaired) electrons. The summed E-state index contributed by atoms with van der Waals surface area (Å²) >= 11 is 0. The molecular weight excluding hydrogens is 310 g/mol. The predicted molar refractivity (Wildman–Crippen MR) is 94.1 cm³/mol. The van der Waals surface area contributed by atoms with E-state index in [1.165, 1.54) is 31.7 Å². The third-order valence-corrected chi connectivity index (χ3v) is 4.59. The fourth-order valence-corrected chi connectivity index (χ4v) is 3.21. The number of benzene rings is 1. The molecule has 2 rings (SSSR count). The SMILES string of the molecule is CCC1CCCCN1CCNC(=NC)NCc1cc(F)ccc1F. The fraction of sp³-hybridized carbons (Fsp3) is 0.611. The molecule has 134 valence electrons. The van der Waals surface area contributed by atoms with Crippen molar-refractivity contribution in [3.8, 4) is 0 Å². The van der Waals surface area contributed by atoms with Gasteiger partial charge in [0.05, 0.1) is 0 Å². The fourth-order valence-electron chi connectivity index (χ4n) is 3.21. The van der Waals surface area contributed by atoms with E-state index in [4.69, 9.17) is 0 Å². The molecular formula is C18H28F2N4. The van der Waals surface area contributed by atoms with Gasteiger partial charge in [-0.05, 0) is 44.0 Å². The zero-order chi connectivity index (χ0) is 17.4. The van der Waals surface area contributed by atoms with Gasteiger partial charge in [0, 0.05) is 38.3 Å². The van der Waals surface area contributed by atoms with Crippen LogP contribution in [0, 0.1) is 11.6 Å². The third-order valence-electron chi connectivity index (χ3n) is 4.59. The minimum atomic E-state index is -0.438. The molecule has 0 aliphatic carbocycles. The van der Waals surface area contributed by atoms with Crippen molar-refractivity contribution in [2.45, 2.75) is 45.2 Å². The van der Waals surface area contributed by atoms with Gasteiger partial charge in [-0.2, -0.15) is 0 Å². The molecule has 1 heterocycles. The molecule has 1 aliphatic rings. The van der Waals surface area contributed by atoms with Crippen molar-refractivity contribution in [2.75, 3.05) is 26.7 Å². The second-order valence-electron chi connectivity index (χ2n) is 6.18. The van der Waals surface area contributed by atoms with Crippen LogP contribution in [0.4, 0.5) is 8.78 Å². The van der Waals surface area contributed by atoms with Crippen LogP contribution >= 0.6 is 0 Å². The lowest BCUT2D eigenvalue weighted by Crippen LogP contribution is -2.45. The largest absolute Gasteiger partial charge is 0.355 e. The van der Waals surface area contributed by atoms with Crippen molar-refractivity contribution in [3.63, 3.8) is 0 Å². The summed E-state index contributed by atoms with van der Waals surface area (Å²) in [6.45, 7) is 5.34. The van der Waals surface area contributed by atoms with Crippen LogP contribution < -0.4 is 10.6 Å². The Labute approximate surface area is 143 Å². The normalized spacial score (nSPS) is 19.3. The first-order valence-corrected chi connectivity index (χ1v) is 8.76. The van der Waals surface area contributed by atoms with Crippen LogP contribution in [0.15, 0.2) is 23.2 Å². The van der Waals surface area contributed by atoms with Crippen LogP contribution in [-0.2, 0) is 6.54 Å². The van der Waals surface area contributed by atoms with E-state index in [0.717, 1.165) is 31.8 Å². The second kappa shape index (κ2) is 9.57. The smallest absolute Gasteiger partial charge is 0.191 e. The summed E-state index contributed by atoms with van der Waals surface area (Å²) in [4.78, 5) is 6.66. The Morgan fingerprint density at radius 2 is 2.12 bits per heavy atom. The summed E-state index contributed by atoms with van der Waals surface area (Å²) in [6.07, 6.45) is 5.06. The first kappa shape index (κ1) is 18.6. The first-order valence-electron chi connectivity index (χ1n) is 8.76. The maximum Gasteiger partial charge on any atom is 0.191 e. The van der Waals surface area contributed by atoms with Gasteiger partial charge in [0.2, 0.25) is 0 Å². The van der Waals surface area contributed by atoms with Crippen molar-refractivity contribution >= 4 is 5.96 Å². The molecule has 6 heteroatoms. The summed E-state index contributed by atoms with van der Waals surface area (Å²) in [5.74, 6) is -0.256. The molecule has 24 heavy (non-hydrogen) atoms. The lowest BCUT2D eigenvalue weighted by atomic mass is 10.0. The summed E-state index contributed by atoms with van der Waals surface area (Å²) < 4.78 is 26.8. The standard InChI is InChI=1S/C18H28F2N4/c1-3-16-6-4-5-10-24(16)11-9-22-18(21-2)23-13-14-12-15(19)7-8-17(14)20/h7-8,12,16H,3-6,9-11,13H2,1-2H3,(H2,21,22,23). The number of guanidine groups is 1. The van der Waals surface area contributed by atoms with Crippen LogP contribution in [0.1, 0.15) is 38.2 Å². The highest BCUT2D eigenvalue weighted by molar-refractivity contribution is 5.79. The van der Waals surface area contributed by atoms with Crippen LogP contribution in [0.5, 0.6) is 0 Å². The van der Waals surface area contributed by atoms with Gasteiger partial charge in [0.15, 0.2) is 5.96 Å². The Morgan fingerprint density at radius 1 is 1.29 bits per heavy atom. The van der Waals surface area contributed by atoms with Crippen LogP contribution in [0.25, 0.3) is 0 Å². The van der Waals surface area contributed by atoms with Crippen molar-refractivity contribution in [2.24, 2.45) is 4.99 Å². The number of likely N-dealkylation sites (tertiary alicyclic amines) is 1. The van der Waals surface area contributed by atoms with Crippen LogP contribution in [-0.4, -0.2) is 43.6 Å². The quantitative estimate of drug-likeness (QED) is 0.619. The third kappa shape index (κ3) is 5.44. The number of rotatable bonds is 6. The molecule has 1 aliphatic heterocycles. The Balaban J connectivity index is 1.77. The van der Waals surface area contributed by atoms with E-state index in [0.29, 0.717) is 17.6 Å². The monoisotopic (exact) mass is 338 g/mol. The van der Waals surface area contributed by atoms with Gasteiger partial charge in [0.1, 0.15) is 11.6 Å². The van der Waals surface area contributed by atoms with Gasteiger partial charge in [-0.3, -0.25) is 9.89 Å². The summed E-state index contributed by atoms with van der Waals surface area (Å²) in [5.41, 5.74) is 0.292. The molecule has 1 saturated heterocycles. The molecule has 0 amide bonds. The Hall–Kier alpha value is -1.69. The number of nitrogens with one attached hydrogen (secondary N) is 2. The lowest BCUT2D eigenvalue weighted by Gasteiger charge is -2.35. The van der Waals surface area contributed by atoms with E-state index in [2.05, 4.69) is 27.4 Å². The summed E-state index contributed by atoms with van der Waals surface area (Å²) in [7, 11) is 1.67. The van der Waals surface area contributed by atoms with Crippen LogP contribution in [0.3, 0.4) is 0 Å². The molecule has 1 aromatic carbocycles. The zero-order valence-corrected chi connectivity index (χ0v) is 14.6. The predicted octanol–water partition coefficient (Wildman–Crippen LogP) is 2.89. The molecule has 2 N–H and O–H groups in total. The van der Waals surface area contributed by atoms with E-state index in [1.54, 1.807) is 7.05 Å². The highest BCUT2D eigenvalue weighted by atomic mass is 19.1. The molecule has 1 unspecified atom stereocenters. The molecule has 1 aromatic rings. The lowest BCUT2D eigenvalue weighted by molar-refractivity contribution is 0.147. The molecule has 1 fully saturated rings. The number of halogens is 2. The Kier molecular flexibility index (Phi) is 7.43. The molecule has 4 nitrogen and oxygen atoms in total. The minimum Gasteiger partial charge on any atom is -0.355 e. The van der Waals surface area contributed by atoms with Crippen LogP contribution in [0.2, 0.25) is 0 Å². The summed E-state index contributed by atoms with van der Waals surface area (Å²) in [6, 6.07) is 4.14. The van der Waals surface area contributed by atoms with E-state index in [1.807, 2.05) is 0 Å². The van der Waals surface area contributed by atoms with Gasteiger partial charge in [0.25, 0.3) is 0 Å².